The van der Waals surface area contributed by atoms with Crippen LogP contribution in [0, 0.1) is 6.92 Å². The predicted molar refractivity (Wildman–Crippen MR) is 107 cm³/mol. The summed E-state index contributed by atoms with van der Waals surface area (Å²) in [6.45, 7) is 4.36. The lowest BCUT2D eigenvalue weighted by atomic mass is 9.90. The summed E-state index contributed by atoms with van der Waals surface area (Å²) in [7, 11) is 2.05. The van der Waals surface area contributed by atoms with Gasteiger partial charge in [-0.2, -0.15) is 0 Å². The normalized spacial score (nSPS) is 16.9. The summed E-state index contributed by atoms with van der Waals surface area (Å²) in [6.07, 6.45) is 2.85. The molecule has 1 saturated heterocycles. The number of pyridine rings is 1. The molecule has 0 atom stereocenters. The largest absolute Gasteiger partial charge is 0.388 e. The second-order valence-electron chi connectivity index (χ2n) is 7.52. The van der Waals surface area contributed by atoms with Crippen molar-refractivity contribution in [3.8, 4) is 0 Å². The number of aryl methyl sites for hydroxylation is 1. The number of benzene rings is 1. The fraction of sp³-hybridized carbons (Fsp3) is 0.429. The molecule has 0 spiro atoms. The molecule has 1 aliphatic heterocycles. The van der Waals surface area contributed by atoms with Crippen LogP contribution in [-0.4, -0.2) is 58.1 Å². The van der Waals surface area contributed by atoms with E-state index < -0.39 is 5.60 Å². The van der Waals surface area contributed by atoms with Crippen molar-refractivity contribution in [2.75, 3.05) is 26.7 Å². The highest BCUT2D eigenvalue weighted by Gasteiger charge is 2.35. The second-order valence-corrected chi connectivity index (χ2v) is 7.87. The number of piperidine rings is 1. The Kier molecular flexibility index (Phi) is 6.15. The van der Waals surface area contributed by atoms with Crippen LogP contribution < -0.4 is 0 Å². The third-order valence-corrected chi connectivity index (χ3v) is 5.47. The number of carbonyl (C=O) groups excluding carboxylic acids is 1. The van der Waals surface area contributed by atoms with Crippen molar-refractivity contribution in [2.24, 2.45) is 0 Å². The molecule has 5 nitrogen and oxygen atoms in total. The molecule has 1 fully saturated rings. The predicted octanol–water partition coefficient (Wildman–Crippen LogP) is 3.14. The lowest BCUT2D eigenvalue weighted by molar-refractivity contribution is -0.0381. The molecular weight excluding hydrogens is 362 g/mol. The summed E-state index contributed by atoms with van der Waals surface area (Å²) in [4.78, 5) is 21.1. The highest BCUT2D eigenvalue weighted by atomic mass is 35.5. The van der Waals surface area contributed by atoms with Gasteiger partial charge in [0.05, 0.1) is 17.7 Å². The molecular formula is C21H26ClN3O2. The van der Waals surface area contributed by atoms with Gasteiger partial charge in [0.15, 0.2) is 0 Å². The molecule has 27 heavy (non-hydrogen) atoms. The summed E-state index contributed by atoms with van der Waals surface area (Å²) in [5.74, 6) is -0.207. The molecule has 3 rings (SSSR count). The molecule has 1 N–H and O–H groups in total. The van der Waals surface area contributed by atoms with Gasteiger partial charge in [0.2, 0.25) is 0 Å². The Morgan fingerprint density at radius 3 is 2.56 bits per heavy atom. The molecule has 1 aromatic carbocycles. The average molecular weight is 388 g/mol. The van der Waals surface area contributed by atoms with Gasteiger partial charge in [-0.15, -0.1) is 0 Å². The topological polar surface area (TPSA) is 56.7 Å². The summed E-state index contributed by atoms with van der Waals surface area (Å²) in [5, 5.41) is 11.3. The average Bonchev–Trinajstić information content (AvgIpc) is 2.65. The number of halogens is 1. The molecule has 2 heterocycles. The van der Waals surface area contributed by atoms with Crippen LogP contribution >= 0.6 is 11.6 Å². The highest BCUT2D eigenvalue weighted by Crippen LogP contribution is 2.25. The van der Waals surface area contributed by atoms with Crippen LogP contribution in [0.25, 0.3) is 0 Å². The maximum Gasteiger partial charge on any atom is 0.257 e. The smallest absolute Gasteiger partial charge is 0.257 e. The zero-order valence-electron chi connectivity index (χ0n) is 15.9. The fourth-order valence-corrected chi connectivity index (χ4v) is 3.58. The molecule has 0 saturated carbocycles. The van der Waals surface area contributed by atoms with Crippen LogP contribution in [0.1, 0.15) is 34.3 Å². The van der Waals surface area contributed by atoms with Gasteiger partial charge < -0.3 is 14.9 Å². The first-order valence-electron chi connectivity index (χ1n) is 9.23. The first-order valence-corrected chi connectivity index (χ1v) is 9.60. The van der Waals surface area contributed by atoms with Gasteiger partial charge in [-0.25, -0.2) is 4.98 Å². The van der Waals surface area contributed by atoms with Gasteiger partial charge in [0.1, 0.15) is 5.15 Å². The van der Waals surface area contributed by atoms with E-state index in [1.165, 1.54) is 5.56 Å². The molecule has 0 bridgehead atoms. The SMILES string of the molecule is Cc1ccc(CN(CC2(O)CCN(C)CC2)C(=O)c2cccnc2Cl)cc1. The monoisotopic (exact) mass is 387 g/mol. The van der Waals surface area contributed by atoms with Crippen molar-refractivity contribution in [1.82, 2.24) is 14.8 Å². The fourth-order valence-electron chi connectivity index (χ4n) is 3.38. The standard InChI is InChI=1S/C21H26ClN3O2/c1-16-5-7-17(8-6-16)14-25(15-21(27)9-12-24(2)13-10-21)20(26)18-4-3-11-23-19(18)22/h3-8,11,27H,9-10,12-15H2,1-2H3. The van der Waals surface area contributed by atoms with Crippen molar-refractivity contribution in [3.05, 3.63) is 64.4 Å². The van der Waals surface area contributed by atoms with Crippen molar-refractivity contribution in [1.29, 1.82) is 0 Å². The summed E-state index contributed by atoms with van der Waals surface area (Å²) >= 11 is 6.16. The van der Waals surface area contributed by atoms with Gasteiger partial charge in [0.25, 0.3) is 5.91 Å². The maximum absolute atomic E-state index is 13.2. The third kappa shape index (κ3) is 5.06. The maximum atomic E-state index is 13.2. The lowest BCUT2D eigenvalue weighted by Crippen LogP contribution is -2.51. The van der Waals surface area contributed by atoms with E-state index in [-0.39, 0.29) is 17.6 Å². The molecule has 1 aromatic heterocycles. The first kappa shape index (κ1) is 19.8. The Hall–Kier alpha value is -1.95. The van der Waals surface area contributed by atoms with Crippen LogP contribution in [0.2, 0.25) is 5.15 Å². The Balaban J connectivity index is 1.85. The number of carbonyl (C=O) groups is 1. The molecule has 6 heteroatoms. The zero-order valence-corrected chi connectivity index (χ0v) is 16.6. The van der Waals surface area contributed by atoms with Gasteiger partial charge in [-0.3, -0.25) is 4.79 Å². The molecule has 0 aliphatic carbocycles. The Morgan fingerprint density at radius 2 is 1.93 bits per heavy atom. The lowest BCUT2D eigenvalue weighted by Gasteiger charge is -2.40. The van der Waals surface area contributed by atoms with E-state index in [2.05, 4.69) is 9.88 Å². The summed E-state index contributed by atoms with van der Waals surface area (Å²) < 4.78 is 0. The van der Waals surface area contributed by atoms with Gasteiger partial charge >= 0.3 is 0 Å². The summed E-state index contributed by atoms with van der Waals surface area (Å²) in [6, 6.07) is 11.5. The number of nitrogens with zero attached hydrogens (tertiary/aromatic N) is 3. The Labute approximate surface area is 165 Å². The molecule has 1 amide bonds. The zero-order chi connectivity index (χ0) is 19.4. The molecule has 0 radical (unpaired) electrons. The molecule has 2 aromatic rings. The van der Waals surface area contributed by atoms with E-state index in [1.807, 2.05) is 38.2 Å². The number of aliphatic hydroxyl groups is 1. The minimum absolute atomic E-state index is 0.187. The van der Waals surface area contributed by atoms with Gasteiger partial charge in [-0.1, -0.05) is 41.4 Å². The van der Waals surface area contributed by atoms with Gasteiger partial charge in [-0.05, 0) is 44.5 Å². The van der Waals surface area contributed by atoms with E-state index in [4.69, 9.17) is 11.6 Å². The first-order chi connectivity index (χ1) is 12.9. The van der Waals surface area contributed by atoms with Crippen molar-refractivity contribution in [3.63, 3.8) is 0 Å². The number of aromatic nitrogens is 1. The number of amides is 1. The number of rotatable bonds is 5. The van der Waals surface area contributed by atoms with E-state index in [9.17, 15) is 9.90 Å². The van der Waals surface area contributed by atoms with Crippen LogP contribution in [0.4, 0.5) is 0 Å². The quantitative estimate of drug-likeness (QED) is 0.801. The third-order valence-electron chi connectivity index (χ3n) is 5.17. The van der Waals surface area contributed by atoms with Crippen LogP contribution in [0.15, 0.2) is 42.6 Å². The number of likely N-dealkylation sites (tertiary alicyclic amines) is 1. The van der Waals surface area contributed by atoms with Gasteiger partial charge in [0, 0.05) is 25.8 Å². The van der Waals surface area contributed by atoms with E-state index in [0.29, 0.717) is 24.9 Å². The highest BCUT2D eigenvalue weighted by molar-refractivity contribution is 6.32. The minimum Gasteiger partial charge on any atom is -0.388 e. The Morgan fingerprint density at radius 1 is 1.26 bits per heavy atom. The minimum atomic E-state index is -0.887. The molecule has 144 valence electrons. The van der Waals surface area contributed by atoms with Crippen molar-refractivity contribution < 1.29 is 9.90 Å². The summed E-state index contributed by atoms with van der Waals surface area (Å²) in [5.41, 5.74) is 1.66. The number of hydrogen-bond donors (Lipinski definition) is 1. The van der Waals surface area contributed by atoms with Crippen LogP contribution in [0.3, 0.4) is 0 Å². The Bertz CT molecular complexity index is 786. The number of hydrogen-bond acceptors (Lipinski definition) is 4. The molecule has 1 aliphatic rings. The van der Waals surface area contributed by atoms with Crippen LogP contribution in [0.5, 0.6) is 0 Å². The van der Waals surface area contributed by atoms with Crippen molar-refractivity contribution >= 4 is 17.5 Å². The van der Waals surface area contributed by atoms with Crippen LogP contribution in [-0.2, 0) is 6.54 Å². The van der Waals surface area contributed by atoms with E-state index >= 15 is 0 Å². The van der Waals surface area contributed by atoms with E-state index in [1.54, 1.807) is 23.2 Å². The molecule has 0 unspecified atom stereocenters. The van der Waals surface area contributed by atoms with E-state index in [0.717, 1.165) is 18.7 Å². The van der Waals surface area contributed by atoms with Crippen molar-refractivity contribution in [2.45, 2.75) is 31.9 Å². The second kappa shape index (κ2) is 8.38.